The van der Waals surface area contributed by atoms with Gasteiger partial charge in [0.2, 0.25) is 0 Å². The van der Waals surface area contributed by atoms with Gasteiger partial charge in [0, 0.05) is 0 Å². The van der Waals surface area contributed by atoms with Crippen LogP contribution in [0.1, 0.15) is 0 Å². The molecule has 0 aliphatic heterocycles. The van der Waals surface area contributed by atoms with E-state index in [4.69, 9.17) is 18.9 Å². The molecule has 2 aromatic rings. The first kappa shape index (κ1) is 21.9. The minimum atomic E-state index is -0.546. The van der Waals surface area contributed by atoms with Gasteiger partial charge in [-0.3, -0.25) is 0 Å². The van der Waals surface area contributed by atoms with Gasteiger partial charge in [-0.1, -0.05) is 0 Å². The van der Waals surface area contributed by atoms with Crippen LogP contribution in [0.5, 0.6) is 11.5 Å². The molecule has 0 heterocycles. The van der Waals surface area contributed by atoms with Gasteiger partial charge in [-0.25, -0.2) is 0 Å². The van der Waals surface area contributed by atoms with Crippen molar-refractivity contribution in [3.63, 3.8) is 0 Å². The van der Waals surface area contributed by atoms with Crippen molar-refractivity contribution in [2.75, 3.05) is 39.1 Å². The Morgan fingerprint density at radius 2 is 1.11 bits per heavy atom. The number of ether oxygens (including phenoxy) is 4. The molecule has 0 saturated heterocycles. The molecular weight excluding hydrogens is 498 g/mol. The van der Waals surface area contributed by atoms with Crippen LogP contribution in [0.25, 0.3) is 0 Å². The first-order valence-corrected chi connectivity index (χ1v) is 14.0. The van der Waals surface area contributed by atoms with Crippen molar-refractivity contribution in [3.05, 3.63) is 36.4 Å². The van der Waals surface area contributed by atoms with Crippen LogP contribution >= 0.6 is 0 Å². The maximum absolute atomic E-state index is 11.6. The zero-order valence-electron chi connectivity index (χ0n) is 15.7. The average molecular weight is 518 g/mol. The topological polar surface area (TPSA) is 95.1 Å². The molecule has 0 fully saturated rings. The number of amides is 2. The Balaban J connectivity index is 2.25. The Labute approximate surface area is 174 Å². The van der Waals surface area contributed by atoms with E-state index in [1.54, 1.807) is 26.4 Å². The van der Waals surface area contributed by atoms with Gasteiger partial charge in [-0.2, -0.15) is 0 Å². The zero-order chi connectivity index (χ0) is 20.5. The van der Waals surface area contributed by atoms with Crippen LogP contribution in [0.3, 0.4) is 0 Å². The number of rotatable bonds is 7. The van der Waals surface area contributed by atoms with Crippen LogP contribution < -0.4 is 29.0 Å². The van der Waals surface area contributed by atoms with E-state index in [0.29, 0.717) is 22.9 Å². The van der Waals surface area contributed by atoms with Gasteiger partial charge in [0.25, 0.3) is 0 Å². The Kier molecular flexibility index (Phi) is 8.47. The summed E-state index contributed by atoms with van der Waals surface area (Å²) in [4.78, 5) is 23.3. The fourth-order valence-electron chi connectivity index (χ4n) is 2.02. The van der Waals surface area contributed by atoms with Crippen molar-refractivity contribution in [2.45, 2.75) is 0 Å². The number of benzene rings is 2. The van der Waals surface area contributed by atoms with Gasteiger partial charge in [-0.15, -0.1) is 0 Å². The summed E-state index contributed by atoms with van der Waals surface area (Å²) in [5.74, 6) is 1.27. The molecule has 2 N–H and O–H groups in total. The van der Waals surface area contributed by atoms with Gasteiger partial charge >= 0.3 is 174 Å². The predicted molar refractivity (Wildman–Crippen MR) is 109 cm³/mol. The molecule has 0 spiro atoms. The molecule has 2 amide bonds. The fraction of sp³-hybridized carbons (Fsp3) is 0.222. The second kappa shape index (κ2) is 10.8. The molecular formula is C18H20N2O6Se2. The molecule has 10 heteroatoms. The fourth-order valence-corrected chi connectivity index (χ4v) is 8.88. The summed E-state index contributed by atoms with van der Waals surface area (Å²) in [6.45, 7) is 0. The van der Waals surface area contributed by atoms with Crippen LogP contribution in [0.4, 0.5) is 21.0 Å². The van der Waals surface area contributed by atoms with Crippen LogP contribution in [-0.2, 0) is 9.47 Å². The van der Waals surface area contributed by atoms with E-state index in [1.165, 1.54) is 14.2 Å². The maximum atomic E-state index is 11.6. The quantitative estimate of drug-likeness (QED) is 0.538. The molecule has 28 heavy (non-hydrogen) atoms. The third-order valence-electron chi connectivity index (χ3n) is 3.44. The third kappa shape index (κ3) is 6.07. The molecule has 0 aliphatic rings. The Morgan fingerprint density at radius 3 is 1.43 bits per heavy atom. The molecule has 0 unspecified atom stereocenters. The number of methoxy groups -OCH3 is 4. The van der Waals surface area contributed by atoms with E-state index in [2.05, 4.69) is 10.6 Å². The molecule has 150 valence electrons. The van der Waals surface area contributed by atoms with E-state index < -0.39 is 12.2 Å². The van der Waals surface area contributed by atoms with Crippen molar-refractivity contribution in [1.29, 1.82) is 0 Å². The van der Waals surface area contributed by atoms with E-state index in [1.807, 2.05) is 24.3 Å². The van der Waals surface area contributed by atoms with Crippen LogP contribution in [0.15, 0.2) is 36.4 Å². The third-order valence-corrected chi connectivity index (χ3v) is 10.7. The normalized spacial score (nSPS) is 10.0. The standard InChI is InChI=1S/C18H20N2O6Se2/c1-23-11-5-7-15(13(9-11)19-17(21)25-3)27-28-16-8-6-12(24-2)10-14(16)20-18(22)26-4/h5-10H,1-4H3,(H,19,21)(H,20,22). The number of nitrogens with one attached hydrogen (secondary N) is 2. The molecule has 0 aliphatic carbocycles. The average Bonchev–Trinajstić information content (AvgIpc) is 2.72. The van der Waals surface area contributed by atoms with E-state index >= 15 is 0 Å². The number of hydrogen-bond donors (Lipinski definition) is 2. The zero-order valence-corrected chi connectivity index (χ0v) is 19.2. The van der Waals surface area contributed by atoms with Gasteiger partial charge in [0.05, 0.1) is 0 Å². The SMILES string of the molecule is COC(=O)Nc1cc(OC)ccc1[Se][Se]c1ccc(OC)cc1NC(=O)OC. The second-order valence-electron chi connectivity index (χ2n) is 5.12. The summed E-state index contributed by atoms with van der Waals surface area (Å²) < 4.78 is 21.8. The Morgan fingerprint density at radius 1 is 0.714 bits per heavy atom. The summed E-state index contributed by atoms with van der Waals surface area (Å²) >= 11 is 0.0214. The summed E-state index contributed by atoms with van der Waals surface area (Å²) in [7, 11) is 5.75. The van der Waals surface area contributed by atoms with Crippen LogP contribution in [0, 0.1) is 0 Å². The molecule has 0 atom stereocenters. The van der Waals surface area contributed by atoms with Gasteiger partial charge < -0.3 is 0 Å². The summed E-state index contributed by atoms with van der Waals surface area (Å²) in [6, 6.07) is 11.0. The van der Waals surface area contributed by atoms with Crippen molar-refractivity contribution in [3.8, 4) is 11.5 Å². The van der Waals surface area contributed by atoms with Crippen molar-refractivity contribution in [1.82, 2.24) is 0 Å². The van der Waals surface area contributed by atoms with E-state index in [-0.39, 0.29) is 26.3 Å². The summed E-state index contributed by atoms with van der Waals surface area (Å²) in [6.07, 6.45) is -1.09. The van der Waals surface area contributed by atoms with Crippen LogP contribution in [0.2, 0.25) is 0 Å². The number of carbonyl (C=O) groups excluding carboxylic acids is 2. The van der Waals surface area contributed by atoms with E-state index in [0.717, 1.165) is 8.92 Å². The summed E-state index contributed by atoms with van der Waals surface area (Å²) in [5.41, 5.74) is 1.29. The molecule has 0 aromatic heterocycles. The first-order valence-electron chi connectivity index (χ1n) is 7.91. The molecule has 0 bridgehead atoms. The predicted octanol–water partition coefficient (Wildman–Crippen LogP) is 1.33. The number of carbonyl (C=O) groups is 2. The Hall–Kier alpha value is -2.38. The monoisotopic (exact) mass is 520 g/mol. The van der Waals surface area contributed by atoms with Crippen LogP contribution in [-0.4, -0.2) is 66.9 Å². The minimum absolute atomic E-state index is 0.0107. The van der Waals surface area contributed by atoms with Crippen molar-refractivity contribution < 1.29 is 28.5 Å². The molecule has 0 radical (unpaired) electrons. The van der Waals surface area contributed by atoms with Crippen molar-refractivity contribution >= 4 is 58.7 Å². The molecule has 2 aromatic carbocycles. The number of anilines is 2. The van der Waals surface area contributed by atoms with Gasteiger partial charge in [-0.05, 0) is 0 Å². The summed E-state index contributed by atoms with van der Waals surface area (Å²) in [5, 5.41) is 5.44. The Bertz CT molecular complexity index is 777. The molecule has 2 rings (SSSR count). The molecule has 0 saturated carbocycles. The van der Waals surface area contributed by atoms with Gasteiger partial charge in [0.15, 0.2) is 0 Å². The van der Waals surface area contributed by atoms with Gasteiger partial charge in [0.1, 0.15) is 0 Å². The first-order chi connectivity index (χ1) is 13.5. The second-order valence-corrected chi connectivity index (χ2v) is 11.3. The number of hydrogen-bond acceptors (Lipinski definition) is 6. The molecule has 8 nitrogen and oxygen atoms in total. The van der Waals surface area contributed by atoms with Crippen molar-refractivity contribution in [2.24, 2.45) is 0 Å². The van der Waals surface area contributed by atoms with E-state index in [9.17, 15) is 9.59 Å².